The van der Waals surface area contributed by atoms with E-state index in [1.807, 2.05) is 0 Å². The second kappa shape index (κ2) is 5.04. The molecular formula is C12H20N4O. The van der Waals surface area contributed by atoms with Gasteiger partial charge in [-0.25, -0.2) is 0 Å². The smallest absolute Gasteiger partial charge is 0.318 e. The molecule has 1 aromatic heterocycles. The summed E-state index contributed by atoms with van der Waals surface area (Å²) in [5.74, 6) is 1.23. The fraction of sp³-hybridized carbons (Fsp3) is 0.833. The fourth-order valence-electron chi connectivity index (χ4n) is 2.67. The summed E-state index contributed by atoms with van der Waals surface area (Å²) in [7, 11) is 0. The van der Waals surface area contributed by atoms with Crippen molar-refractivity contribution in [3.63, 3.8) is 0 Å². The lowest BCUT2D eigenvalue weighted by Crippen LogP contribution is -2.29. The average molecular weight is 236 g/mol. The van der Waals surface area contributed by atoms with E-state index in [1.54, 1.807) is 0 Å². The van der Waals surface area contributed by atoms with Crippen molar-refractivity contribution < 1.29 is 4.42 Å². The zero-order valence-corrected chi connectivity index (χ0v) is 10.2. The third-order valence-electron chi connectivity index (χ3n) is 3.70. The Hall–Kier alpha value is -1.10. The fourth-order valence-corrected chi connectivity index (χ4v) is 2.67. The molecule has 2 fully saturated rings. The van der Waals surface area contributed by atoms with Gasteiger partial charge in [0.15, 0.2) is 0 Å². The second-order valence-electron chi connectivity index (χ2n) is 5.01. The molecule has 0 aromatic carbocycles. The highest BCUT2D eigenvalue weighted by Crippen LogP contribution is 2.25. The van der Waals surface area contributed by atoms with Gasteiger partial charge in [-0.2, -0.15) is 0 Å². The largest absolute Gasteiger partial charge is 0.408 e. The molecule has 1 aromatic rings. The predicted molar refractivity (Wildman–Crippen MR) is 65.2 cm³/mol. The van der Waals surface area contributed by atoms with E-state index < -0.39 is 0 Å². The quantitative estimate of drug-likeness (QED) is 0.844. The molecule has 0 saturated carbocycles. The van der Waals surface area contributed by atoms with Gasteiger partial charge < -0.3 is 14.6 Å². The van der Waals surface area contributed by atoms with Crippen molar-refractivity contribution in [1.29, 1.82) is 0 Å². The molecule has 0 spiro atoms. The van der Waals surface area contributed by atoms with E-state index >= 15 is 0 Å². The molecule has 0 amide bonds. The second-order valence-corrected chi connectivity index (χ2v) is 5.01. The van der Waals surface area contributed by atoms with Crippen molar-refractivity contribution in [3.05, 3.63) is 5.89 Å². The van der Waals surface area contributed by atoms with E-state index in [9.17, 15) is 0 Å². The van der Waals surface area contributed by atoms with E-state index in [2.05, 4.69) is 20.4 Å². The normalized spacial score (nSPS) is 26.1. The summed E-state index contributed by atoms with van der Waals surface area (Å²) in [4.78, 5) is 2.22. The number of anilines is 1. The summed E-state index contributed by atoms with van der Waals surface area (Å²) in [6, 6.07) is 0.727. The molecular weight excluding hydrogens is 216 g/mol. The molecule has 2 aliphatic rings. The van der Waals surface area contributed by atoms with Gasteiger partial charge in [0.05, 0.1) is 0 Å². The van der Waals surface area contributed by atoms with Crippen molar-refractivity contribution in [2.24, 2.45) is 0 Å². The Morgan fingerprint density at radius 1 is 1.12 bits per heavy atom. The van der Waals surface area contributed by atoms with Gasteiger partial charge in [0.2, 0.25) is 5.89 Å². The lowest BCUT2D eigenvalue weighted by atomic mass is 10.00. The van der Waals surface area contributed by atoms with E-state index in [0.717, 1.165) is 44.5 Å². The molecule has 0 radical (unpaired) electrons. The predicted octanol–water partition coefficient (Wildman–Crippen LogP) is 1.53. The number of nitrogens with zero attached hydrogens (tertiary/aromatic N) is 3. The Balaban J connectivity index is 1.68. The van der Waals surface area contributed by atoms with Crippen LogP contribution in [0.15, 0.2) is 4.42 Å². The minimum Gasteiger partial charge on any atom is -0.408 e. The van der Waals surface area contributed by atoms with Crippen molar-refractivity contribution in [3.8, 4) is 0 Å². The molecule has 3 rings (SSSR count). The number of hydrogen-bond acceptors (Lipinski definition) is 5. The first-order valence-electron chi connectivity index (χ1n) is 6.72. The van der Waals surface area contributed by atoms with Gasteiger partial charge in [-0.1, -0.05) is 5.10 Å². The van der Waals surface area contributed by atoms with Gasteiger partial charge in [0, 0.05) is 25.6 Å². The summed E-state index contributed by atoms with van der Waals surface area (Å²) in [6.07, 6.45) is 6.16. The molecule has 1 unspecified atom stereocenters. The van der Waals surface area contributed by atoms with Crippen LogP contribution in [0.5, 0.6) is 0 Å². The number of aromatic nitrogens is 2. The van der Waals surface area contributed by atoms with E-state index in [4.69, 9.17) is 4.42 Å². The Bertz CT molecular complexity index is 321. The first-order chi connectivity index (χ1) is 8.43. The average Bonchev–Trinajstić information content (AvgIpc) is 2.90. The van der Waals surface area contributed by atoms with Crippen molar-refractivity contribution in [2.75, 3.05) is 31.1 Å². The van der Waals surface area contributed by atoms with E-state index in [1.165, 1.54) is 25.7 Å². The van der Waals surface area contributed by atoms with Crippen LogP contribution < -0.4 is 10.2 Å². The lowest BCUT2D eigenvalue weighted by molar-refractivity contribution is 0.373. The monoisotopic (exact) mass is 236 g/mol. The Morgan fingerprint density at radius 2 is 2.00 bits per heavy atom. The highest BCUT2D eigenvalue weighted by Gasteiger charge is 2.23. The Morgan fingerprint density at radius 3 is 2.76 bits per heavy atom. The molecule has 2 aliphatic heterocycles. The summed E-state index contributed by atoms with van der Waals surface area (Å²) in [5.41, 5.74) is 0. The zero-order chi connectivity index (χ0) is 11.5. The Labute approximate surface area is 102 Å². The molecule has 94 valence electrons. The van der Waals surface area contributed by atoms with Crippen molar-refractivity contribution >= 4 is 6.01 Å². The minimum absolute atomic E-state index is 0.412. The van der Waals surface area contributed by atoms with Crippen molar-refractivity contribution in [1.82, 2.24) is 15.5 Å². The first-order valence-corrected chi connectivity index (χ1v) is 6.72. The van der Waals surface area contributed by atoms with Crippen LogP contribution in [-0.4, -0.2) is 36.4 Å². The number of rotatable bonds is 2. The van der Waals surface area contributed by atoms with Crippen LogP contribution in [0.3, 0.4) is 0 Å². The summed E-state index contributed by atoms with van der Waals surface area (Å²) >= 11 is 0. The van der Waals surface area contributed by atoms with Crippen molar-refractivity contribution in [2.45, 2.75) is 38.0 Å². The summed E-state index contributed by atoms with van der Waals surface area (Å²) < 4.78 is 5.83. The van der Waals surface area contributed by atoms with Crippen LogP contribution in [0.25, 0.3) is 0 Å². The van der Waals surface area contributed by atoms with Gasteiger partial charge in [0.25, 0.3) is 0 Å². The third kappa shape index (κ3) is 2.44. The molecule has 5 heteroatoms. The maximum atomic E-state index is 5.83. The van der Waals surface area contributed by atoms with Crippen LogP contribution in [0.2, 0.25) is 0 Å². The van der Waals surface area contributed by atoms with Crippen LogP contribution in [0.4, 0.5) is 6.01 Å². The number of piperidine rings is 2. The maximum absolute atomic E-state index is 5.83. The van der Waals surface area contributed by atoms with Crippen LogP contribution in [0, 0.1) is 0 Å². The Kier molecular flexibility index (Phi) is 3.27. The zero-order valence-electron chi connectivity index (χ0n) is 10.2. The minimum atomic E-state index is 0.412. The summed E-state index contributed by atoms with van der Waals surface area (Å²) in [5, 5.41) is 11.8. The number of hydrogen-bond donors (Lipinski definition) is 1. The maximum Gasteiger partial charge on any atom is 0.318 e. The van der Waals surface area contributed by atoms with Gasteiger partial charge >= 0.3 is 6.01 Å². The molecule has 5 nitrogen and oxygen atoms in total. The highest BCUT2D eigenvalue weighted by atomic mass is 16.4. The number of nitrogens with one attached hydrogen (secondary N) is 1. The van der Waals surface area contributed by atoms with Gasteiger partial charge in [0.1, 0.15) is 0 Å². The van der Waals surface area contributed by atoms with Gasteiger partial charge in [-0.05, 0) is 38.6 Å². The molecule has 0 bridgehead atoms. The lowest BCUT2D eigenvalue weighted by Gasteiger charge is -2.24. The first kappa shape index (κ1) is 11.0. The highest BCUT2D eigenvalue weighted by molar-refractivity contribution is 5.24. The van der Waals surface area contributed by atoms with Crippen LogP contribution in [-0.2, 0) is 0 Å². The molecule has 0 aliphatic carbocycles. The molecule has 2 saturated heterocycles. The topological polar surface area (TPSA) is 54.2 Å². The van der Waals surface area contributed by atoms with Gasteiger partial charge in [-0.3, -0.25) is 0 Å². The summed E-state index contributed by atoms with van der Waals surface area (Å²) in [6.45, 7) is 4.21. The van der Waals surface area contributed by atoms with Gasteiger partial charge in [-0.15, -0.1) is 5.10 Å². The molecule has 1 N–H and O–H groups in total. The van der Waals surface area contributed by atoms with E-state index in [-0.39, 0.29) is 0 Å². The van der Waals surface area contributed by atoms with Crippen LogP contribution in [0.1, 0.15) is 43.9 Å². The third-order valence-corrected chi connectivity index (χ3v) is 3.70. The van der Waals surface area contributed by atoms with E-state index in [0.29, 0.717) is 5.92 Å². The molecule has 1 atom stereocenters. The SMILES string of the molecule is C1CCN(c2nnc(C3CCCNC3)o2)CC1. The molecule has 3 heterocycles. The standard InChI is InChI=1S/C12H20N4O/c1-2-7-16(8-3-1)12-15-14-11(17-12)10-5-4-6-13-9-10/h10,13H,1-9H2. The van der Waals surface area contributed by atoms with Crippen LogP contribution >= 0.6 is 0 Å². The molecule has 17 heavy (non-hydrogen) atoms.